The molecule has 1 amide bonds. The number of amides is 1. The molecule has 0 bridgehead atoms. The van der Waals surface area contributed by atoms with Gasteiger partial charge < -0.3 is 0 Å². The zero-order valence-corrected chi connectivity index (χ0v) is 7.43. The smallest absolute Gasteiger partial charge is 0.253 e. The summed E-state index contributed by atoms with van der Waals surface area (Å²) in [7, 11) is 0. The Morgan fingerprint density at radius 2 is 2.21 bits per heavy atom. The van der Waals surface area contributed by atoms with E-state index in [1.54, 1.807) is 24.3 Å². The van der Waals surface area contributed by atoms with Crippen molar-refractivity contribution in [3.05, 3.63) is 29.8 Å². The third kappa shape index (κ3) is 1.34. The molecule has 1 saturated heterocycles. The monoisotopic (exact) mass is 188 g/mol. The van der Waals surface area contributed by atoms with E-state index in [1.807, 2.05) is 6.07 Å². The van der Waals surface area contributed by atoms with Crippen molar-refractivity contribution in [2.24, 2.45) is 0 Å². The minimum absolute atomic E-state index is 0.104. The Balaban J connectivity index is 2.41. The molecule has 1 aliphatic rings. The summed E-state index contributed by atoms with van der Waals surface area (Å²) in [6.45, 7) is 0.387. The molecule has 1 aliphatic heterocycles. The van der Waals surface area contributed by atoms with E-state index < -0.39 is 0 Å². The summed E-state index contributed by atoms with van der Waals surface area (Å²) in [5, 5.41) is 10.0. The van der Waals surface area contributed by atoms with E-state index in [4.69, 9.17) is 10.1 Å². The number of hydrogen-bond acceptors (Lipinski definition) is 3. The highest BCUT2D eigenvalue weighted by atomic mass is 16.7. The van der Waals surface area contributed by atoms with Gasteiger partial charge in [0.2, 0.25) is 0 Å². The van der Waals surface area contributed by atoms with Gasteiger partial charge in [0.1, 0.15) is 6.07 Å². The van der Waals surface area contributed by atoms with Crippen molar-refractivity contribution in [2.45, 2.75) is 6.42 Å². The van der Waals surface area contributed by atoms with Gasteiger partial charge in [-0.1, -0.05) is 12.1 Å². The van der Waals surface area contributed by atoms with E-state index in [-0.39, 0.29) is 5.91 Å². The molecule has 4 heteroatoms. The molecule has 0 radical (unpaired) electrons. The van der Waals surface area contributed by atoms with Gasteiger partial charge in [-0.05, 0) is 12.1 Å². The Morgan fingerprint density at radius 1 is 1.43 bits per heavy atom. The summed E-state index contributed by atoms with van der Waals surface area (Å²) in [5.41, 5.74) is 0.972. The van der Waals surface area contributed by atoms with Gasteiger partial charge >= 0.3 is 0 Å². The molecule has 2 rings (SSSR count). The first-order chi connectivity index (χ1) is 6.83. The lowest BCUT2D eigenvalue weighted by atomic mass is 10.2. The SMILES string of the molecule is N#Cc1ccccc1N1OCCC1=O. The van der Waals surface area contributed by atoms with Gasteiger partial charge in [-0.3, -0.25) is 9.63 Å². The molecule has 0 atom stereocenters. The minimum Gasteiger partial charge on any atom is -0.272 e. The van der Waals surface area contributed by atoms with Crippen LogP contribution >= 0.6 is 0 Å². The minimum atomic E-state index is -0.104. The molecule has 70 valence electrons. The maximum absolute atomic E-state index is 11.3. The van der Waals surface area contributed by atoms with Gasteiger partial charge in [-0.2, -0.15) is 10.3 Å². The van der Waals surface area contributed by atoms with Crippen LogP contribution in [-0.4, -0.2) is 12.5 Å². The van der Waals surface area contributed by atoms with E-state index in [1.165, 1.54) is 5.06 Å². The lowest BCUT2D eigenvalue weighted by Gasteiger charge is -2.14. The number of carbonyl (C=O) groups excluding carboxylic acids is 1. The van der Waals surface area contributed by atoms with Crippen molar-refractivity contribution in [3.8, 4) is 6.07 Å². The Kier molecular flexibility index (Phi) is 2.17. The molecule has 0 aromatic heterocycles. The first-order valence-corrected chi connectivity index (χ1v) is 4.28. The number of nitrogens with zero attached hydrogens (tertiary/aromatic N) is 2. The fourth-order valence-electron chi connectivity index (χ4n) is 1.35. The Bertz CT molecular complexity index is 409. The van der Waals surface area contributed by atoms with Crippen molar-refractivity contribution in [1.29, 1.82) is 5.26 Å². The van der Waals surface area contributed by atoms with Crippen molar-refractivity contribution in [1.82, 2.24) is 0 Å². The van der Waals surface area contributed by atoms with Crippen LogP contribution < -0.4 is 5.06 Å². The number of hydrogen-bond donors (Lipinski definition) is 0. The number of carbonyl (C=O) groups is 1. The first-order valence-electron chi connectivity index (χ1n) is 4.28. The molecule has 1 fully saturated rings. The second-order valence-corrected chi connectivity index (χ2v) is 2.90. The third-order valence-corrected chi connectivity index (χ3v) is 2.01. The molecule has 0 aliphatic carbocycles. The van der Waals surface area contributed by atoms with Crippen LogP contribution in [0.1, 0.15) is 12.0 Å². The largest absolute Gasteiger partial charge is 0.272 e. The Hall–Kier alpha value is -1.86. The number of anilines is 1. The molecule has 0 saturated carbocycles. The second kappa shape index (κ2) is 3.48. The highest BCUT2D eigenvalue weighted by molar-refractivity contribution is 5.94. The van der Waals surface area contributed by atoms with E-state index in [0.717, 1.165) is 0 Å². The number of nitriles is 1. The molecule has 4 nitrogen and oxygen atoms in total. The normalized spacial score (nSPS) is 15.6. The maximum Gasteiger partial charge on any atom is 0.253 e. The molecular formula is C10H8N2O2. The summed E-state index contributed by atoms with van der Waals surface area (Å²) in [5.74, 6) is -0.104. The van der Waals surface area contributed by atoms with Crippen LogP contribution in [0.25, 0.3) is 0 Å². The van der Waals surface area contributed by atoms with Crippen LogP contribution in [0.2, 0.25) is 0 Å². The maximum atomic E-state index is 11.3. The van der Waals surface area contributed by atoms with Gasteiger partial charge in [0.05, 0.1) is 24.3 Å². The fraction of sp³-hybridized carbons (Fsp3) is 0.200. The molecule has 0 spiro atoms. The molecule has 1 heterocycles. The van der Waals surface area contributed by atoms with E-state index in [0.29, 0.717) is 24.3 Å². The zero-order valence-electron chi connectivity index (χ0n) is 7.43. The summed E-state index contributed by atoms with van der Waals surface area (Å²) >= 11 is 0. The summed E-state index contributed by atoms with van der Waals surface area (Å²) < 4.78 is 0. The predicted molar refractivity (Wildman–Crippen MR) is 49.2 cm³/mol. The molecule has 1 aromatic rings. The van der Waals surface area contributed by atoms with E-state index in [9.17, 15) is 4.79 Å². The summed E-state index contributed by atoms with van der Waals surface area (Å²) in [6.07, 6.45) is 0.375. The van der Waals surface area contributed by atoms with E-state index in [2.05, 4.69) is 0 Å². The lowest BCUT2D eigenvalue weighted by molar-refractivity contribution is -0.119. The van der Waals surface area contributed by atoms with E-state index >= 15 is 0 Å². The summed E-state index contributed by atoms with van der Waals surface area (Å²) in [6, 6.07) is 8.89. The van der Waals surface area contributed by atoms with Gasteiger partial charge in [0, 0.05) is 0 Å². The number of rotatable bonds is 1. The first kappa shape index (κ1) is 8.73. The lowest BCUT2D eigenvalue weighted by Crippen LogP contribution is -2.23. The van der Waals surface area contributed by atoms with Crippen molar-refractivity contribution < 1.29 is 9.63 Å². The van der Waals surface area contributed by atoms with Crippen molar-refractivity contribution in [3.63, 3.8) is 0 Å². The second-order valence-electron chi connectivity index (χ2n) is 2.90. The van der Waals surface area contributed by atoms with Crippen molar-refractivity contribution >= 4 is 11.6 Å². The van der Waals surface area contributed by atoms with Gasteiger partial charge in [-0.15, -0.1) is 0 Å². The van der Waals surface area contributed by atoms with Crippen LogP contribution in [0.15, 0.2) is 24.3 Å². The Morgan fingerprint density at radius 3 is 2.86 bits per heavy atom. The number of para-hydroxylation sites is 1. The highest BCUT2D eigenvalue weighted by Crippen LogP contribution is 2.23. The van der Waals surface area contributed by atoms with Gasteiger partial charge in [-0.25, -0.2) is 0 Å². The van der Waals surface area contributed by atoms with Crippen LogP contribution in [-0.2, 0) is 9.63 Å². The quantitative estimate of drug-likeness (QED) is 0.666. The van der Waals surface area contributed by atoms with Crippen LogP contribution in [0.3, 0.4) is 0 Å². The fourth-order valence-corrected chi connectivity index (χ4v) is 1.35. The molecule has 14 heavy (non-hydrogen) atoms. The highest BCUT2D eigenvalue weighted by Gasteiger charge is 2.25. The molecular weight excluding hydrogens is 180 g/mol. The average molecular weight is 188 g/mol. The van der Waals surface area contributed by atoms with Crippen LogP contribution in [0.5, 0.6) is 0 Å². The number of hydroxylamine groups is 1. The average Bonchev–Trinajstić information content (AvgIpc) is 2.64. The van der Waals surface area contributed by atoms with Crippen molar-refractivity contribution in [2.75, 3.05) is 11.7 Å². The Labute approximate surface area is 81.3 Å². The standard InChI is InChI=1S/C10H8N2O2/c11-7-8-3-1-2-4-9(8)12-10(13)5-6-14-12/h1-4H,5-6H2. The molecule has 0 unspecified atom stereocenters. The zero-order chi connectivity index (χ0) is 9.97. The van der Waals surface area contributed by atoms with Crippen LogP contribution in [0, 0.1) is 11.3 Å². The topological polar surface area (TPSA) is 53.3 Å². The summed E-state index contributed by atoms with van der Waals surface area (Å²) in [4.78, 5) is 16.5. The van der Waals surface area contributed by atoms with Gasteiger partial charge in [0.25, 0.3) is 5.91 Å². The predicted octanol–water partition coefficient (Wildman–Crippen LogP) is 1.23. The van der Waals surface area contributed by atoms with Crippen LogP contribution in [0.4, 0.5) is 5.69 Å². The molecule has 0 N–H and O–H groups in total. The van der Waals surface area contributed by atoms with Gasteiger partial charge in [0.15, 0.2) is 0 Å². The third-order valence-electron chi connectivity index (χ3n) is 2.01. The number of benzene rings is 1. The molecule has 1 aromatic carbocycles.